The Hall–Kier alpha value is -6.07. The van der Waals surface area contributed by atoms with E-state index in [9.17, 15) is 40.7 Å². The van der Waals surface area contributed by atoms with Crippen molar-refractivity contribution in [2.24, 2.45) is 10.9 Å². The van der Waals surface area contributed by atoms with Crippen LogP contribution in [0.1, 0.15) is 36.8 Å². The van der Waals surface area contributed by atoms with Gasteiger partial charge in [-0.15, -0.1) is 0 Å². The molecule has 4 rings (SSSR count). The maximum absolute atomic E-state index is 13.7. The number of amidine groups is 1. The van der Waals surface area contributed by atoms with Crippen molar-refractivity contribution in [3.8, 4) is 17.0 Å². The number of nitrogens with one attached hydrogen (secondary N) is 2. The van der Waals surface area contributed by atoms with Gasteiger partial charge in [0.15, 0.2) is 17.4 Å². The number of esters is 1. The number of anilines is 2. The number of nitrogens with two attached hydrogens (primary N) is 2. The van der Waals surface area contributed by atoms with Gasteiger partial charge in [0.2, 0.25) is 0 Å². The summed E-state index contributed by atoms with van der Waals surface area (Å²) in [6.45, 7) is 2.79. The lowest BCUT2D eigenvalue weighted by Crippen LogP contribution is -2.43. The number of para-hydroxylation sites is 1. The third-order valence-electron chi connectivity index (χ3n) is 6.62. The average molecular weight is 706 g/mol. The predicted molar refractivity (Wildman–Crippen MR) is 169 cm³/mol. The minimum absolute atomic E-state index is 0.00537. The average Bonchev–Trinajstić information content (AvgIpc) is 3.05. The predicted octanol–water partition coefficient (Wildman–Crippen LogP) is 4.95. The van der Waals surface area contributed by atoms with Gasteiger partial charge in [-0.3, -0.25) is 14.2 Å². The van der Waals surface area contributed by atoms with E-state index in [0.29, 0.717) is 33.6 Å². The molecule has 12 nitrogen and oxygen atoms in total. The first-order valence-corrected chi connectivity index (χ1v) is 14.5. The number of alkyl halides is 6. The fourth-order valence-corrected chi connectivity index (χ4v) is 4.35. The Morgan fingerprint density at radius 1 is 0.980 bits per heavy atom. The highest BCUT2D eigenvalue weighted by Crippen LogP contribution is 2.35. The summed E-state index contributed by atoms with van der Waals surface area (Å²) in [4.78, 5) is 48.4. The van der Waals surface area contributed by atoms with E-state index >= 15 is 0 Å². The number of oxime groups is 1. The summed E-state index contributed by atoms with van der Waals surface area (Å²) in [5, 5.41) is 8.76. The number of carbonyl (C=O) groups is 2. The van der Waals surface area contributed by atoms with Crippen LogP contribution in [-0.2, 0) is 27.0 Å². The van der Waals surface area contributed by atoms with E-state index in [4.69, 9.17) is 16.3 Å². The number of hydrogen-bond acceptors (Lipinski definition) is 9. The van der Waals surface area contributed by atoms with Crippen molar-refractivity contribution in [2.75, 3.05) is 11.1 Å². The smallest absolute Gasteiger partial charge is 0.425 e. The molecule has 0 aliphatic heterocycles. The molecule has 0 saturated carbocycles. The molecule has 0 radical (unpaired) electrons. The molecule has 0 aliphatic carbocycles. The number of carbonyl (C=O) groups excluding carboxylic acids is 2. The molecule has 1 atom stereocenters. The third kappa shape index (κ3) is 9.30. The number of nitrogens with zero attached hydrogens (tertiary/aromatic N) is 3. The molecule has 6 N–H and O–H groups in total. The van der Waals surface area contributed by atoms with Crippen LogP contribution < -0.4 is 32.5 Å². The lowest BCUT2D eigenvalue weighted by molar-refractivity contribution is -0.209. The number of rotatable bonds is 11. The van der Waals surface area contributed by atoms with Gasteiger partial charge in [0.25, 0.3) is 17.7 Å². The van der Waals surface area contributed by atoms with Crippen LogP contribution in [0.5, 0.6) is 5.75 Å². The Morgan fingerprint density at radius 3 is 2.24 bits per heavy atom. The standard InChI is InChI=1S/C32H29F6N7O5/c1-17(2)43-26-28(47)45(24(16-41-26)20-12-21(31(33,34)35)14-22(39)13-20)29(49-30(48)32(36,37)38)27(46)42-15-18-8-10-19(11-9-18)25(40)44-50-23-6-4-3-5-7-23/h3-14,16-17,29H,15,39H2,1-2H3,(H2,40,44)(H,41,43)(H,42,46). The zero-order valence-corrected chi connectivity index (χ0v) is 26.2. The zero-order chi connectivity index (χ0) is 36.8. The summed E-state index contributed by atoms with van der Waals surface area (Å²) in [5.74, 6) is -4.37. The van der Waals surface area contributed by atoms with Crippen LogP contribution in [0.3, 0.4) is 0 Å². The molecular weight excluding hydrogens is 676 g/mol. The number of hydrogen-bond donors (Lipinski definition) is 4. The van der Waals surface area contributed by atoms with E-state index in [1.165, 1.54) is 24.3 Å². The molecule has 3 aromatic carbocycles. The monoisotopic (exact) mass is 705 g/mol. The number of amides is 1. The fraction of sp³-hybridized carbons (Fsp3) is 0.219. The molecule has 1 unspecified atom stereocenters. The molecule has 264 valence electrons. The second-order valence-corrected chi connectivity index (χ2v) is 10.9. The molecule has 50 heavy (non-hydrogen) atoms. The molecule has 4 aromatic rings. The van der Waals surface area contributed by atoms with Crippen LogP contribution in [-0.4, -0.2) is 39.5 Å². The molecule has 0 aliphatic rings. The van der Waals surface area contributed by atoms with Crippen LogP contribution in [0.2, 0.25) is 0 Å². The van der Waals surface area contributed by atoms with Crippen LogP contribution in [0, 0.1) is 0 Å². The van der Waals surface area contributed by atoms with Gasteiger partial charge < -0.3 is 31.7 Å². The molecule has 0 spiro atoms. The SMILES string of the molecule is CC(C)Nc1ncc(-c2cc(N)cc(C(F)(F)F)c2)n(C(OC(=O)C(F)(F)F)C(=O)NCc2ccc(C(N)=NOc3ccccc3)cc2)c1=O. The van der Waals surface area contributed by atoms with Crippen LogP contribution in [0.15, 0.2) is 88.9 Å². The molecule has 0 bridgehead atoms. The van der Waals surface area contributed by atoms with E-state index in [1.54, 1.807) is 44.2 Å². The lowest BCUT2D eigenvalue weighted by Gasteiger charge is -2.24. The quantitative estimate of drug-likeness (QED) is 0.0420. The van der Waals surface area contributed by atoms with Crippen molar-refractivity contribution < 1.29 is 45.5 Å². The van der Waals surface area contributed by atoms with Crippen LogP contribution >= 0.6 is 0 Å². The van der Waals surface area contributed by atoms with Gasteiger partial charge in [-0.05, 0) is 49.7 Å². The van der Waals surface area contributed by atoms with E-state index in [0.717, 1.165) is 12.3 Å². The summed E-state index contributed by atoms with van der Waals surface area (Å²) in [6, 6.07) is 16.1. The van der Waals surface area contributed by atoms with Gasteiger partial charge in [-0.2, -0.15) is 26.3 Å². The van der Waals surface area contributed by atoms with Crippen LogP contribution in [0.4, 0.5) is 37.8 Å². The van der Waals surface area contributed by atoms with E-state index in [2.05, 4.69) is 25.5 Å². The molecular formula is C32H29F6N7O5. The largest absolute Gasteiger partial charge is 0.491 e. The van der Waals surface area contributed by atoms with Crippen molar-refractivity contribution in [1.82, 2.24) is 14.9 Å². The number of benzene rings is 3. The number of aromatic nitrogens is 2. The van der Waals surface area contributed by atoms with Crippen molar-refractivity contribution in [3.63, 3.8) is 0 Å². The number of halogens is 6. The maximum atomic E-state index is 13.7. The van der Waals surface area contributed by atoms with Gasteiger partial charge in [0, 0.05) is 29.4 Å². The Labute approximate surface area is 279 Å². The lowest BCUT2D eigenvalue weighted by atomic mass is 10.1. The highest BCUT2D eigenvalue weighted by Gasteiger charge is 2.44. The third-order valence-corrected chi connectivity index (χ3v) is 6.62. The Balaban J connectivity index is 1.71. The minimum Gasteiger partial charge on any atom is -0.425 e. The Kier molecular flexibility index (Phi) is 11.0. The second-order valence-electron chi connectivity index (χ2n) is 10.9. The van der Waals surface area contributed by atoms with Gasteiger partial charge in [-0.1, -0.05) is 47.6 Å². The summed E-state index contributed by atoms with van der Waals surface area (Å²) in [6.07, 6.45) is -12.4. The van der Waals surface area contributed by atoms with Gasteiger partial charge in [-0.25, -0.2) is 9.78 Å². The first kappa shape index (κ1) is 36.8. The zero-order valence-electron chi connectivity index (χ0n) is 26.2. The van der Waals surface area contributed by atoms with E-state index in [-0.39, 0.29) is 12.4 Å². The molecule has 18 heteroatoms. The topological polar surface area (TPSA) is 176 Å². The van der Waals surface area contributed by atoms with E-state index in [1.807, 2.05) is 0 Å². The van der Waals surface area contributed by atoms with Gasteiger partial charge >= 0.3 is 18.3 Å². The fourth-order valence-electron chi connectivity index (χ4n) is 4.35. The normalized spacial score (nSPS) is 12.7. The second kappa shape index (κ2) is 15.0. The van der Waals surface area contributed by atoms with Crippen molar-refractivity contribution in [3.05, 3.63) is 106 Å². The highest BCUT2D eigenvalue weighted by atomic mass is 19.4. The van der Waals surface area contributed by atoms with E-state index < -0.39 is 70.4 Å². The first-order valence-electron chi connectivity index (χ1n) is 14.5. The van der Waals surface area contributed by atoms with Crippen molar-refractivity contribution >= 4 is 29.2 Å². The van der Waals surface area contributed by atoms with Gasteiger partial charge in [0.05, 0.1) is 17.5 Å². The summed E-state index contributed by atoms with van der Waals surface area (Å²) in [5.41, 5.74) is 8.34. The van der Waals surface area contributed by atoms with Gasteiger partial charge in [0.1, 0.15) is 0 Å². The maximum Gasteiger partial charge on any atom is 0.491 e. The summed E-state index contributed by atoms with van der Waals surface area (Å²) in [7, 11) is 0. The van der Waals surface area contributed by atoms with Crippen LogP contribution in [0.25, 0.3) is 11.3 Å². The molecule has 1 aromatic heterocycles. The Bertz CT molecular complexity index is 1930. The summed E-state index contributed by atoms with van der Waals surface area (Å²) < 4.78 is 86.0. The minimum atomic E-state index is -5.63. The Morgan fingerprint density at radius 2 is 1.64 bits per heavy atom. The molecule has 1 amide bonds. The number of ether oxygens (including phenoxy) is 1. The number of nitrogen functional groups attached to an aromatic ring is 1. The highest BCUT2D eigenvalue weighted by molar-refractivity contribution is 5.97. The van der Waals surface area contributed by atoms with Crippen molar-refractivity contribution in [2.45, 2.75) is 45.0 Å². The molecule has 0 saturated heterocycles. The first-order chi connectivity index (χ1) is 23.4. The van der Waals surface area contributed by atoms with Crippen molar-refractivity contribution in [1.29, 1.82) is 0 Å². The molecule has 0 fully saturated rings. The summed E-state index contributed by atoms with van der Waals surface area (Å²) >= 11 is 0. The molecule has 1 heterocycles.